The lowest BCUT2D eigenvalue weighted by Gasteiger charge is -2.32. The summed E-state index contributed by atoms with van der Waals surface area (Å²) < 4.78 is 48.1. The number of methoxy groups -OCH3 is 1. The second-order valence-electron chi connectivity index (χ2n) is 11.8. The van der Waals surface area contributed by atoms with Crippen LogP contribution in [-0.2, 0) is 7.05 Å². The molecule has 1 N–H and O–H groups in total. The molecule has 5 aromatic rings. The molecule has 260 valence electrons. The monoisotopic (exact) mass is 687 g/mol. The van der Waals surface area contributed by atoms with Crippen molar-refractivity contribution in [2.45, 2.75) is 6.42 Å². The minimum atomic E-state index is -1.01. The number of rotatable bonds is 11. The fraction of sp³-hybridized carbons (Fsp3) is 0.286. The van der Waals surface area contributed by atoms with Crippen LogP contribution in [0.15, 0.2) is 76.4 Å². The van der Waals surface area contributed by atoms with Crippen LogP contribution in [0.4, 0.5) is 14.5 Å². The lowest BCUT2D eigenvalue weighted by atomic mass is 10.1. The molecule has 0 aliphatic carbocycles. The fourth-order valence-corrected chi connectivity index (χ4v) is 5.49. The molecule has 0 bridgehead atoms. The number of halogens is 2. The summed E-state index contributed by atoms with van der Waals surface area (Å²) in [6.45, 7) is 5.63. The van der Waals surface area contributed by atoms with Crippen molar-refractivity contribution in [1.82, 2.24) is 29.1 Å². The second-order valence-corrected chi connectivity index (χ2v) is 11.8. The average molecular weight is 688 g/mol. The SMILES string of the molecule is COc1cc2c(Oc3ccc(NC(=O)c4nn(-c5cccc(F)c5)c(=O)n(C)c4=O)cc3F)ccnc2cc1OCCCN1CCN(C)CC1. The standard InChI is InChI=1S/C35H35F2N7O6/c1-41-13-15-43(16-14-41)12-5-17-49-31-21-27-25(20-30(31)48-3)28(10-11-38-27)50-29-9-8-23(19-26(29)37)39-33(45)32-34(46)42(2)35(47)44(40-32)24-7-4-6-22(36)18-24/h4,6-11,18-21H,5,12-17H2,1-3H3,(H,39,45). The van der Waals surface area contributed by atoms with E-state index < -0.39 is 34.5 Å². The number of nitrogens with zero attached hydrogens (tertiary/aromatic N) is 6. The zero-order valence-corrected chi connectivity index (χ0v) is 27.7. The van der Waals surface area contributed by atoms with Crippen molar-refractivity contribution >= 4 is 22.5 Å². The third kappa shape index (κ3) is 7.48. The van der Waals surface area contributed by atoms with E-state index in [1.807, 2.05) is 0 Å². The number of carbonyl (C=O) groups excluding carboxylic acids is 1. The van der Waals surface area contributed by atoms with Crippen molar-refractivity contribution < 1.29 is 27.8 Å². The van der Waals surface area contributed by atoms with E-state index in [1.54, 1.807) is 18.2 Å². The van der Waals surface area contributed by atoms with Gasteiger partial charge in [-0.25, -0.2) is 13.6 Å². The molecule has 1 fully saturated rings. The van der Waals surface area contributed by atoms with E-state index in [4.69, 9.17) is 14.2 Å². The van der Waals surface area contributed by atoms with E-state index in [9.17, 15) is 18.8 Å². The van der Waals surface area contributed by atoms with Gasteiger partial charge in [0.15, 0.2) is 23.1 Å². The van der Waals surface area contributed by atoms with E-state index in [1.165, 1.54) is 43.6 Å². The predicted octanol–water partition coefficient (Wildman–Crippen LogP) is 3.83. The molecule has 3 heterocycles. The highest BCUT2D eigenvalue weighted by Crippen LogP contribution is 2.38. The van der Waals surface area contributed by atoms with Gasteiger partial charge in [-0.1, -0.05) is 6.07 Å². The van der Waals surface area contributed by atoms with Crippen molar-refractivity contribution in [3.05, 3.63) is 105 Å². The number of ether oxygens (including phenoxy) is 3. The van der Waals surface area contributed by atoms with Crippen LogP contribution in [0.25, 0.3) is 16.6 Å². The number of likely N-dealkylation sites (N-methyl/N-ethyl adjacent to an activating group) is 1. The maximum Gasteiger partial charge on any atom is 0.351 e. The molecule has 6 rings (SSSR count). The molecule has 1 aliphatic heterocycles. The Hall–Kier alpha value is -5.67. The number of anilines is 1. The molecule has 0 unspecified atom stereocenters. The molecule has 3 aromatic carbocycles. The van der Waals surface area contributed by atoms with Crippen LogP contribution in [0.5, 0.6) is 23.0 Å². The first kappa shape index (κ1) is 34.2. The molecule has 1 amide bonds. The molecule has 0 atom stereocenters. The number of nitrogens with one attached hydrogen (secondary N) is 1. The highest BCUT2D eigenvalue weighted by Gasteiger charge is 2.21. The van der Waals surface area contributed by atoms with E-state index >= 15 is 4.39 Å². The van der Waals surface area contributed by atoms with Crippen molar-refractivity contribution in [1.29, 1.82) is 0 Å². The van der Waals surface area contributed by atoms with Crippen LogP contribution >= 0.6 is 0 Å². The van der Waals surface area contributed by atoms with Gasteiger partial charge in [0.05, 0.1) is 24.9 Å². The number of hydrogen-bond acceptors (Lipinski definition) is 10. The Morgan fingerprint density at radius 1 is 0.920 bits per heavy atom. The molecule has 15 heteroatoms. The summed E-state index contributed by atoms with van der Waals surface area (Å²) in [5.74, 6) is -1.31. The van der Waals surface area contributed by atoms with Gasteiger partial charge in [-0.2, -0.15) is 9.78 Å². The third-order valence-corrected chi connectivity index (χ3v) is 8.31. The van der Waals surface area contributed by atoms with E-state index in [-0.39, 0.29) is 17.1 Å². The van der Waals surface area contributed by atoms with Crippen molar-refractivity contribution in [3.63, 3.8) is 0 Å². The molecule has 13 nitrogen and oxygen atoms in total. The highest BCUT2D eigenvalue weighted by atomic mass is 19.1. The zero-order valence-electron chi connectivity index (χ0n) is 27.7. The molecule has 2 aromatic heterocycles. The second kappa shape index (κ2) is 14.8. The maximum absolute atomic E-state index is 15.3. The number of carbonyl (C=O) groups is 1. The molecule has 0 radical (unpaired) electrons. The Labute approximate surface area is 285 Å². The number of amides is 1. The van der Waals surface area contributed by atoms with Gasteiger partial charge in [0.1, 0.15) is 11.6 Å². The molecule has 0 spiro atoms. The Bertz CT molecular complexity index is 2160. The lowest BCUT2D eigenvalue weighted by molar-refractivity contribution is 0.101. The summed E-state index contributed by atoms with van der Waals surface area (Å²) in [5, 5.41) is 6.84. The fourth-order valence-electron chi connectivity index (χ4n) is 5.49. The van der Waals surface area contributed by atoms with Gasteiger partial charge in [0.25, 0.3) is 11.5 Å². The minimum absolute atomic E-state index is 0.00826. The van der Waals surface area contributed by atoms with Gasteiger partial charge in [0.2, 0.25) is 5.69 Å². The van der Waals surface area contributed by atoms with Crippen LogP contribution in [0.3, 0.4) is 0 Å². The predicted molar refractivity (Wildman–Crippen MR) is 182 cm³/mol. The number of aromatic nitrogens is 4. The molecular weight excluding hydrogens is 652 g/mol. The van der Waals surface area contributed by atoms with Crippen molar-refractivity contribution in [3.8, 4) is 28.7 Å². The number of piperazine rings is 1. The van der Waals surface area contributed by atoms with Crippen LogP contribution in [0, 0.1) is 11.6 Å². The maximum atomic E-state index is 15.3. The summed E-state index contributed by atoms with van der Waals surface area (Å²) in [6, 6.07) is 13.7. The summed E-state index contributed by atoms with van der Waals surface area (Å²) in [5.41, 5.74) is -1.98. The van der Waals surface area contributed by atoms with Crippen molar-refractivity contribution in [2.75, 3.05) is 58.8 Å². The number of hydrogen-bond donors (Lipinski definition) is 1. The largest absolute Gasteiger partial charge is 0.493 e. The van der Waals surface area contributed by atoms with Gasteiger partial charge < -0.3 is 29.3 Å². The zero-order chi connectivity index (χ0) is 35.4. The average Bonchev–Trinajstić information content (AvgIpc) is 3.10. The number of benzene rings is 3. The van der Waals surface area contributed by atoms with Crippen molar-refractivity contribution in [2.24, 2.45) is 7.05 Å². The Morgan fingerprint density at radius 3 is 2.46 bits per heavy atom. The normalized spacial score (nSPS) is 13.7. The lowest BCUT2D eigenvalue weighted by Crippen LogP contribution is -2.44. The van der Waals surface area contributed by atoms with E-state index in [0.29, 0.717) is 39.3 Å². The molecule has 50 heavy (non-hydrogen) atoms. The van der Waals surface area contributed by atoms with Crippen LogP contribution in [0.1, 0.15) is 16.9 Å². The van der Waals surface area contributed by atoms with Gasteiger partial charge in [-0.15, -0.1) is 0 Å². The Morgan fingerprint density at radius 2 is 1.72 bits per heavy atom. The topological polar surface area (TPSA) is 133 Å². The molecular formula is C35H35F2N7O6. The first-order chi connectivity index (χ1) is 24.1. The van der Waals surface area contributed by atoms with Crippen LogP contribution < -0.4 is 30.8 Å². The molecule has 1 aliphatic rings. The van der Waals surface area contributed by atoms with E-state index in [0.717, 1.165) is 63.0 Å². The number of pyridine rings is 1. The Balaban J connectivity index is 1.16. The highest BCUT2D eigenvalue weighted by molar-refractivity contribution is 6.02. The molecule has 1 saturated heterocycles. The summed E-state index contributed by atoms with van der Waals surface area (Å²) >= 11 is 0. The summed E-state index contributed by atoms with van der Waals surface area (Å²) in [6.07, 6.45) is 2.39. The van der Waals surface area contributed by atoms with Gasteiger partial charge >= 0.3 is 5.69 Å². The Kier molecular flexibility index (Phi) is 10.2. The molecule has 0 saturated carbocycles. The van der Waals surface area contributed by atoms with Gasteiger partial charge in [-0.3, -0.25) is 19.1 Å². The first-order valence-electron chi connectivity index (χ1n) is 15.9. The number of fused-ring (bicyclic) bond motifs is 1. The smallest absolute Gasteiger partial charge is 0.351 e. The summed E-state index contributed by atoms with van der Waals surface area (Å²) in [7, 11) is 4.82. The summed E-state index contributed by atoms with van der Waals surface area (Å²) in [4.78, 5) is 47.6. The minimum Gasteiger partial charge on any atom is -0.493 e. The third-order valence-electron chi connectivity index (χ3n) is 8.31. The van der Waals surface area contributed by atoms with Crippen LogP contribution in [-0.4, -0.2) is 88.5 Å². The van der Waals surface area contributed by atoms with E-state index in [2.05, 4.69) is 32.2 Å². The van der Waals surface area contributed by atoms with Gasteiger partial charge in [0, 0.05) is 69.2 Å². The quantitative estimate of drug-likeness (QED) is 0.204. The van der Waals surface area contributed by atoms with Crippen LogP contribution in [0.2, 0.25) is 0 Å². The first-order valence-corrected chi connectivity index (χ1v) is 15.9. The van der Waals surface area contributed by atoms with Gasteiger partial charge in [-0.05, 0) is 55.9 Å².